The van der Waals surface area contributed by atoms with Crippen molar-refractivity contribution in [3.8, 4) is 0 Å². The third kappa shape index (κ3) is 3.20. The Bertz CT molecular complexity index is 581. The zero-order chi connectivity index (χ0) is 13.8. The SMILES string of the molecule is CCn1ncc(Br)c1C(=O)Nc1nc(COC)cs1. The average Bonchev–Trinajstić information content (AvgIpc) is 2.96. The molecule has 0 spiro atoms. The van der Waals surface area contributed by atoms with Crippen molar-refractivity contribution in [1.82, 2.24) is 14.8 Å². The molecule has 0 saturated carbocycles. The third-order valence-electron chi connectivity index (χ3n) is 2.37. The number of hydrogen-bond donors (Lipinski definition) is 1. The Labute approximate surface area is 122 Å². The summed E-state index contributed by atoms with van der Waals surface area (Å²) in [5.41, 5.74) is 1.29. The van der Waals surface area contributed by atoms with Gasteiger partial charge >= 0.3 is 0 Å². The van der Waals surface area contributed by atoms with Crippen LogP contribution in [0.2, 0.25) is 0 Å². The lowest BCUT2D eigenvalue weighted by molar-refractivity contribution is 0.101. The molecule has 2 aromatic rings. The number of thiazole rings is 1. The molecule has 8 heteroatoms. The van der Waals surface area contributed by atoms with Crippen molar-refractivity contribution in [2.24, 2.45) is 0 Å². The van der Waals surface area contributed by atoms with Gasteiger partial charge in [-0.1, -0.05) is 0 Å². The first kappa shape index (κ1) is 14.2. The van der Waals surface area contributed by atoms with E-state index in [0.717, 1.165) is 5.69 Å². The van der Waals surface area contributed by atoms with E-state index in [0.29, 0.717) is 28.4 Å². The van der Waals surface area contributed by atoms with E-state index in [-0.39, 0.29) is 5.91 Å². The van der Waals surface area contributed by atoms with Crippen molar-refractivity contribution in [2.75, 3.05) is 12.4 Å². The second kappa shape index (κ2) is 6.27. The summed E-state index contributed by atoms with van der Waals surface area (Å²) in [5, 5.41) is 9.27. The van der Waals surface area contributed by atoms with Gasteiger partial charge in [0.25, 0.3) is 5.91 Å². The summed E-state index contributed by atoms with van der Waals surface area (Å²) < 4.78 is 7.28. The number of ether oxygens (including phenoxy) is 1. The monoisotopic (exact) mass is 344 g/mol. The molecule has 0 atom stereocenters. The van der Waals surface area contributed by atoms with E-state index >= 15 is 0 Å². The van der Waals surface area contributed by atoms with Crippen LogP contribution in [0.4, 0.5) is 5.13 Å². The van der Waals surface area contributed by atoms with E-state index < -0.39 is 0 Å². The molecule has 0 saturated heterocycles. The molecule has 0 fully saturated rings. The maximum atomic E-state index is 12.2. The Morgan fingerprint density at radius 1 is 1.63 bits per heavy atom. The Morgan fingerprint density at radius 3 is 3.11 bits per heavy atom. The largest absolute Gasteiger partial charge is 0.378 e. The number of carbonyl (C=O) groups excluding carboxylic acids is 1. The van der Waals surface area contributed by atoms with Crippen molar-refractivity contribution in [3.63, 3.8) is 0 Å². The number of methoxy groups -OCH3 is 1. The molecular weight excluding hydrogens is 332 g/mol. The van der Waals surface area contributed by atoms with Gasteiger partial charge in [-0.25, -0.2) is 4.98 Å². The van der Waals surface area contributed by atoms with Crippen molar-refractivity contribution in [1.29, 1.82) is 0 Å². The van der Waals surface area contributed by atoms with E-state index in [2.05, 4.69) is 31.3 Å². The Kier molecular flexibility index (Phi) is 4.67. The predicted octanol–water partition coefficient (Wildman–Crippen LogP) is 2.52. The van der Waals surface area contributed by atoms with Crippen LogP contribution in [0.15, 0.2) is 16.0 Å². The van der Waals surface area contributed by atoms with E-state index in [1.54, 1.807) is 18.0 Å². The highest BCUT2D eigenvalue weighted by atomic mass is 79.9. The van der Waals surface area contributed by atoms with Crippen molar-refractivity contribution in [2.45, 2.75) is 20.1 Å². The summed E-state index contributed by atoms with van der Waals surface area (Å²) in [5.74, 6) is -0.232. The molecule has 0 aromatic carbocycles. The van der Waals surface area contributed by atoms with E-state index in [9.17, 15) is 4.79 Å². The Hall–Kier alpha value is -1.25. The first-order valence-corrected chi connectivity index (χ1v) is 7.29. The van der Waals surface area contributed by atoms with Crippen LogP contribution in [0.1, 0.15) is 23.1 Å². The minimum absolute atomic E-state index is 0.232. The average molecular weight is 345 g/mol. The molecule has 102 valence electrons. The molecule has 0 bridgehead atoms. The molecule has 2 heterocycles. The van der Waals surface area contributed by atoms with Gasteiger partial charge in [-0.3, -0.25) is 14.8 Å². The van der Waals surface area contributed by atoms with E-state index in [4.69, 9.17) is 4.74 Å². The van der Waals surface area contributed by atoms with Gasteiger partial charge in [0.2, 0.25) is 0 Å². The molecule has 0 unspecified atom stereocenters. The first-order valence-electron chi connectivity index (χ1n) is 5.61. The number of hydrogen-bond acceptors (Lipinski definition) is 5. The van der Waals surface area contributed by atoms with Crippen LogP contribution in [0.25, 0.3) is 0 Å². The zero-order valence-electron chi connectivity index (χ0n) is 10.5. The Balaban J connectivity index is 2.13. The van der Waals surface area contributed by atoms with Gasteiger partial charge in [-0.05, 0) is 22.9 Å². The fraction of sp³-hybridized carbons (Fsp3) is 0.364. The number of nitrogens with one attached hydrogen (secondary N) is 1. The quantitative estimate of drug-likeness (QED) is 0.904. The number of aryl methyl sites for hydroxylation is 1. The van der Waals surface area contributed by atoms with Crippen LogP contribution in [0.5, 0.6) is 0 Å². The minimum Gasteiger partial charge on any atom is -0.378 e. The molecule has 1 N–H and O–H groups in total. The number of rotatable bonds is 5. The zero-order valence-corrected chi connectivity index (χ0v) is 12.9. The van der Waals surface area contributed by atoms with Crippen LogP contribution in [0, 0.1) is 0 Å². The fourth-order valence-electron chi connectivity index (χ4n) is 1.56. The molecule has 2 rings (SSSR count). The summed E-state index contributed by atoms with van der Waals surface area (Å²) in [7, 11) is 1.61. The smallest absolute Gasteiger partial charge is 0.276 e. The third-order valence-corrected chi connectivity index (χ3v) is 3.76. The van der Waals surface area contributed by atoms with Gasteiger partial charge in [-0.2, -0.15) is 5.10 Å². The van der Waals surface area contributed by atoms with Gasteiger partial charge in [0.15, 0.2) is 5.13 Å². The van der Waals surface area contributed by atoms with E-state index in [1.165, 1.54) is 11.3 Å². The molecule has 0 radical (unpaired) electrons. The van der Waals surface area contributed by atoms with Crippen molar-refractivity contribution >= 4 is 38.3 Å². The van der Waals surface area contributed by atoms with Gasteiger partial charge in [-0.15, -0.1) is 11.3 Å². The highest BCUT2D eigenvalue weighted by Gasteiger charge is 2.17. The van der Waals surface area contributed by atoms with Crippen LogP contribution >= 0.6 is 27.3 Å². The lowest BCUT2D eigenvalue weighted by Crippen LogP contribution is -2.17. The standard InChI is InChI=1S/C11H13BrN4O2S/c1-3-16-9(8(12)4-13-16)10(17)15-11-14-7(5-18-2)6-19-11/h4,6H,3,5H2,1-2H3,(H,14,15,17). The number of halogens is 1. The molecule has 0 aliphatic carbocycles. The van der Waals surface area contributed by atoms with Gasteiger partial charge < -0.3 is 4.74 Å². The summed E-state index contributed by atoms with van der Waals surface area (Å²) >= 11 is 4.69. The molecule has 0 aliphatic rings. The second-order valence-corrected chi connectivity index (χ2v) is 5.40. The molecule has 2 aromatic heterocycles. The van der Waals surface area contributed by atoms with Crippen LogP contribution < -0.4 is 5.32 Å². The Morgan fingerprint density at radius 2 is 2.42 bits per heavy atom. The van der Waals surface area contributed by atoms with Crippen LogP contribution in [0.3, 0.4) is 0 Å². The maximum absolute atomic E-state index is 12.2. The molecule has 0 aliphatic heterocycles. The van der Waals surface area contributed by atoms with E-state index in [1.807, 2.05) is 12.3 Å². The fourth-order valence-corrected chi connectivity index (χ4v) is 2.73. The summed E-state index contributed by atoms with van der Waals surface area (Å²) in [4.78, 5) is 16.4. The topological polar surface area (TPSA) is 69.0 Å². The summed E-state index contributed by atoms with van der Waals surface area (Å²) in [6, 6.07) is 0. The number of anilines is 1. The van der Waals surface area contributed by atoms with Crippen LogP contribution in [-0.4, -0.2) is 27.8 Å². The molecular formula is C11H13BrN4O2S. The highest BCUT2D eigenvalue weighted by molar-refractivity contribution is 9.10. The molecule has 6 nitrogen and oxygen atoms in total. The summed E-state index contributed by atoms with van der Waals surface area (Å²) in [6.07, 6.45) is 1.61. The lowest BCUT2D eigenvalue weighted by Gasteiger charge is -2.04. The second-order valence-electron chi connectivity index (χ2n) is 3.69. The predicted molar refractivity (Wildman–Crippen MR) is 76.4 cm³/mol. The normalized spacial score (nSPS) is 10.7. The lowest BCUT2D eigenvalue weighted by atomic mass is 10.4. The van der Waals surface area contributed by atoms with Gasteiger partial charge in [0.1, 0.15) is 5.69 Å². The number of aromatic nitrogens is 3. The number of amides is 1. The maximum Gasteiger partial charge on any atom is 0.276 e. The molecule has 1 amide bonds. The summed E-state index contributed by atoms with van der Waals surface area (Å²) in [6.45, 7) is 2.99. The minimum atomic E-state index is -0.232. The number of carbonyl (C=O) groups is 1. The van der Waals surface area contributed by atoms with Crippen molar-refractivity contribution in [3.05, 3.63) is 27.4 Å². The molecule has 19 heavy (non-hydrogen) atoms. The van der Waals surface area contributed by atoms with Crippen LogP contribution in [-0.2, 0) is 17.9 Å². The first-order chi connectivity index (χ1) is 9.15. The highest BCUT2D eigenvalue weighted by Crippen LogP contribution is 2.20. The van der Waals surface area contributed by atoms with Gasteiger partial charge in [0, 0.05) is 19.0 Å². The van der Waals surface area contributed by atoms with Gasteiger partial charge in [0.05, 0.1) is 23.0 Å². The van der Waals surface area contributed by atoms with Crippen molar-refractivity contribution < 1.29 is 9.53 Å². The number of nitrogens with zero attached hydrogens (tertiary/aromatic N) is 3.